The molecule has 1 rings (SSSR count). The molecule has 0 bridgehead atoms. The molecule has 0 saturated carbocycles. The summed E-state index contributed by atoms with van der Waals surface area (Å²) >= 11 is 7.71. The van der Waals surface area contributed by atoms with Crippen molar-refractivity contribution in [3.8, 4) is 6.07 Å². The monoisotopic (exact) mass is 304 g/mol. The maximum Gasteiger partial charge on any atom is 0.240 e. The predicted molar refractivity (Wildman–Crippen MR) is 56.7 cm³/mol. The van der Waals surface area contributed by atoms with Crippen molar-refractivity contribution >= 4 is 46.0 Å². The lowest BCUT2D eigenvalue weighted by molar-refractivity contribution is 0.565. The average Bonchev–Trinajstić information content (AvgIpc) is 2.11. The van der Waals surface area contributed by atoms with Crippen LogP contribution in [0, 0.1) is 14.9 Å². The van der Waals surface area contributed by atoms with Gasteiger partial charge in [0.1, 0.15) is 5.69 Å². The molecule has 1 aromatic carbocycles. The molecule has 0 unspecified atom stereocenters. The fraction of sp³-hybridized carbons (Fsp3) is 0. The number of carbonyl (C=O) groups excluding carboxylic acids is 1. The lowest BCUT2D eigenvalue weighted by Crippen LogP contribution is -1.80. The van der Waals surface area contributed by atoms with Gasteiger partial charge in [0, 0.05) is 3.57 Å². The van der Waals surface area contributed by atoms with Crippen LogP contribution < -0.4 is 0 Å². The van der Waals surface area contributed by atoms with Crippen molar-refractivity contribution in [1.82, 2.24) is 0 Å². The number of rotatable bonds is 1. The second kappa shape index (κ2) is 4.38. The number of halogens is 2. The van der Waals surface area contributed by atoms with Crippen LogP contribution in [0.5, 0.6) is 0 Å². The van der Waals surface area contributed by atoms with Crippen LogP contribution in [-0.2, 0) is 4.79 Å². The molecule has 0 N–H and O–H groups in total. The van der Waals surface area contributed by atoms with Gasteiger partial charge in [-0.05, 0) is 34.7 Å². The Balaban J connectivity index is 3.41. The number of nitriles is 1. The molecule has 0 heterocycles. The van der Waals surface area contributed by atoms with Crippen LogP contribution in [-0.4, -0.2) is 6.08 Å². The molecule has 1 aromatic rings. The van der Waals surface area contributed by atoms with Crippen LogP contribution in [0.2, 0.25) is 5.02 Å². The summed E-state index contributed by atoms with van der Waals surface area (Å²) in [7, 11) is 0. The van der Waals surface area contributed by atoms with Crippen molar-refractivity contribution in [3.63, 3.8) is 0 Å². The van der Waals surface area contributed by atoms with Gasteiger partial charge >= 0.3 is 0 Å². The Hall–Kier alpha value is -0.890. The van der Waals surface area contributed by atoms with Gasteiger partial charge in [-0.15, -0.1) is 0 Å². The standard InChI is InChI=1S/C8H2ClIN2O/c9-6-1-5(3-11)2-7(10)8(6)12-4-13/h1-2H. The van der Waals surface area contributed by atoms with Gasteiger partial charge in [0.2, 0.25) is 6.08 Å². The maximum absolute atomic E-state index is 10.0. The Labute approximate surface area is 93.2 Å². The molecular formula is C8H2ClIN2O. The van der Waals surface area contributed by atoms with E-state index in [-0.39, 0.29) is 5.02 Å². The predicted octanol–water partition coefficient (Wildman–Crippen LogP) is 2.78. The van der Waals surface area contributed by atoms with Crippen LogP contribution in [0.15, 0.2) is 17.1 Å². The molecular weight excluding hydrogens is 302 g/mol. The number of nitrogens with zero attached hydrogens (tertiary/aromatic N) is 2. The minimum Gasteiger partial charge on any atom is -0.211 e. The van der Waals surface area contributed by atoms with Gasteiger partial charge in [-0.2, -0.15) is 10.3 Å². The zero-order chi connectivity index (χ0) is 9.84. The Morgan fingerprint density at radius 2 is 2.23 bits per heavy atom. The van der Waals surface area contributed by atoms with Crippen molar-refractivity contribution in [2.45, 2.75) is 0 Å². The molecule has 0 aliphatic rings. The van der Waals surface area contributed by atoms with Crippen LogP contribution in [0.4, 0.5) is 5.69 Å². The lowest BCUT2D eigenvalue weighted by atomic mass is 10.2. The molecule has 64 valence electrons. The molecule has 0 fully saturated rings. The number of aliphatic imine (C=N–C) groups is 1. The minimum absolute atomic E-state index is 0.284. The van der Waals surface area contributed by atoms with Crippen LogP contribution in [0.1, 0.15) is 5.56 Å². The van der Waals surface area contributed by atoms with E-state index in [2.05, 4.69) is 4.99 Å². The first-order chi connectivity index (χ1) is 6.19. The second-order valence-corrected chi connectivity index (χ2v) is 3.67. The highest BCUT2D eigenvalue weighted by Crippen LogP contribution is 2.31. The fourth-order valence-electron chi connectivity index (χ4n) is 0.783. The Kier molecular flexibility index (Phi) is 3.43. The van der Waals surface area contributed by atoms with E-state index in [1.54, 1.807) is 6.07 Å². The van der Waals surface area contributed by atoms with Gasteiger partial charge in [0.05, 0.1) is 16.7 Å². The first-order valence-electron chi connectivity index (χ1n) is 3.16. The normalized spacial score (nSPS) is 8.69. The van der Waals surface area contributed by atoms with E-state index in [1.807, 2.05) is 28.7 Å². The van der Waals surface area contributed by atoms with Crippen molar-refractivity contribution in [2.24, 2.45) is 4.99 Å². The van der Waals surface area contributed by atoms with Crippen molar-refractivity contribution in [3.05, 3.63) is 26.3 Å². The van der Waals surface area contributed by atoms with Crippen LogP contribution in [0.25, 0.3) is 0 Å². The highest BCUT2D eigenvalue weighted by atomic mass is 127. The maximum atomic E-state index is 10.0. The lowest BCUT2D eigenvalue weighted by Gasteiger charge is -1.99. The summed E-state index contributed by atoms with van der Waals surface area (Å²) in [5, 5.41) is 8.87. The third kappa shape index (κ3) is 2.28. The summed E-state index contributed by atoms with van der Waals surface area (Å²) in [6.07, 6.45) is 1.41. The number of isocyanates is 1. The van der Waals surface area contributed by atoms with Crippen LogP contribution >= 0.6 is 34.2 Å². The van der Waals surface area contributed by atoms with E-state index in [0.717, 1.165) is 0 Å². The molecule has 0 aliphatic carbocycles. The summed E-state index contributed by atoms with van der Waals surface area (Å²) < 4.78 is 0.657. The topological polar surface area (TPSA) is 53.2 Å². The van der Waals surface area contributed by atoms with Gasteiger partial charge < -0.3 is 0 Å². The third-order valence-corrected chi connectivity index (χ3v) is 2.41. The Morgan fingerprint density at radius 3 is 2.69 bits per heavy atom. The largest absolute Gasteiger partial charge is 0.240 e. The van der Waals surface area contributed by atoms with Gasteiger partial charge in [-0.1, -0.05) is 11.6 Å². The quantitative estimate of drug-likeness (QED) is 0.455. The number of hydrogen-bond donors (Lipinski definition) is 0. The van der Waals surface area contributed by atoms with Crippen molar-refractivity contribution in [2.75, 3.05) is 0 Å². The first kappa shape index (κ1) is 10.2. The molecule has 0 radical (unpaired) electrons. The van der Waals surface area contributed by atoms with E-state index in [4.69, 9.17) is 16.9 Å². The molecule has 0 saturated heterocycles. The number of hydrogen-bond acceptors (Lipinski definition) is 3. The van der Waals surface area contributed by atoms with E-state index in [1.165, 1.54) is 12.1 Å². The van der Waals surface area contributed by atoms with Crippen LogP contribution in [0.3, 0.4) is 0 Å². The molecule has 0 atom stereocenters. The van der Waals surface area contributed by atoms with Gasteiger partial charge in [0.15, 0.2) is 0 Å². The van der Waals surface area contributed by atoms with Gasteiger partial charge in [0.25, 0.3) is 0 Å². The SMILES string of the molecule is N#Cc1cc(Cl)c(N=C=O)c(I)c1. The molecule has 0 spiro atoms. The van der Waals surface area contributed by atoms with E-state index < -0.39 is 0 Å². The summed E-state index contributed by atoms with van der Waals surface area (Å²) in [5.41, 5.74) is 0.801. The summed E-state index contributed by atoms with van der Waals surface area (Å²) in [6.45, 7) is 0. The highest BCUT2D eigenvalue weighted by Gasteiger charge is 2.06. The molecule has 0 amide bonds. The molecule has 0 aromatic heterocycles. The number of benzene rings is 1. The van der Waals surface area contributed by atoms with Crippen molar-refractivity contribution in [1.29, 1.82) is 5.26 Å². The van der Waals surface area contributed by atoms with E-state index >= 15 is 0 Å². The Bertz CT molecular complexity index is 409. The first-order valence-corrected chi connectivity index (χ1v) is 4.61. The van der Waals surface area contributed by atoms with Crippen molar-refractivity contribution < 1.29 is 4.79 Å². The van der Waals surface area contributed by atoms with E-state index in [9.17, 15) is 4.79 Å². The Morgan fingerprint density at radius 1 is 1.54 bits per heavy atom. The van der Waals surface area contributed by atoms with E-state index in [0.29, 0.717) is 14.8 Å². The average molecular weight is 304 g/mol. The molecule has 5 heteroatoms. The summed E-state index contributed by atoms with van der Waals surface area (Å²) in [6, 6.07) is 5.01. The molecule has 3 nitrogen and oxygen atoms in total. The smallest absolute Gasteiger partial charge is 0.211 e. The van der Waals surface area contributed by atoms with Gasteiger partial charge in [-0.3, -0.25) is 0 Å². The highest BCUT2D eigenvalue weighted by molar-refractivity contribution is 14.1. The fourth-order valence-corrected chi connectivity index (χ4v) is 1.95. The third-order valence-electron chi connectivity index (χ3n) is 1.30. The summed E-state index contributed by atoms with van der Waals surface area (Å²) in [5.74, 6) is 0. The molecule has 0 aliphatic heterocycles. The second-order valence-electron chi connectivity index (χ2n) is 2.10. The minimum atomic E-state index is 0.284. The van der Waals surface area contributed by atoms with Gasteiger partial charge in [-0.25, -0.2) is 4.79 Å². The zero-order valence-corrected chi connectivity index (χ0v) is 9.13. The zero-order valence-electron chi connectivity index (χ0n) is 6.21. The molecule has 13 heavy (non-hydrogen) atoms. The summed E-state index contributed by atoms with van der Waals surface area (Å²) in [4.78, 5) is 13.4.